The number of pyridine rings is 1. The fourth-order valence-electron chi connectivity index (χ4n) is 2.42. The zero-order valence-corrected chi connectivity index (χ0v) is 10.7. The smallest absolute Gasteiger partial charge is 0.106 e. The third kappa shape index (κ3) is 2.11. The van der Waals surface area contributed by atoms with Crippen molar-refractivity contribution in [3.63, 3.8) is 0 Å². The molecule has 1 N–H and O–H groups in total. The number of aliphatic hydroxyl groups excluding tert-OH is 1. The van der Waals surface area contributed by atoms with Crippen molar-refractivity contribution in [2.24, 2.45) is 0 Å². The Morgan fingerprint density at radius 2 is 1.63 bits per heavy atom. The summed E-state index contributed by atoms with van der Waals surface area (Å²) < 4.78 is 0. The lowest BCUT2D eigenvalue weighted by atomic mass is 9.95. The van der Waals surface area contributed by atoms with Crippen LogP contribution in [0.4, 0.5) is 0 Å². The summed E-state index contributed by atoms with van der Waals surface area (Å²) in [7, 11) is 0. The number of hydrogen-bond acceptors (Lipinski definition) is 2. The van der Waals surface area contributed by atoms with E-state index in [4.69, 9.17) is 0 Å². The number of aryl methyl sites for hydroxylation is 1. The van der Waals surface area contributed by atoms with Crippen molar-refractivity contribution in [2.45, 2.75) is 13.0 Å². The summed E-state index contributed by atoms with van der Waals surface area (Å²) >= 11 is 0. The fraction of sp³-hybridized carbons (Fsp3) is 0.118. The average molecular weight is 249 g/mol. The third-order valence-corrected chi connectivity index (χ3v) is 3.48. The summed E-state index contributed by atoms with van der Waals surface area (Å²) in [6.07, 6.45) is 2.93. The quantitative estimate of drug-likeness (QED) is 0.752. The largest absolute Gasteiger partial charge is 0.384 e. The first kappa shape index (κ1) is 11.9. The van der Waals surface area contributed by atoms with Crippen molar-refractivity contribution < 1.29 is 5.11 Å². The van der Waals surface area contributed by atoms with Gasteiger partial charge in [0.15, 0.2) is 0 Å². The molecular formula is C17H15NO. The van der Waals surface area contributed by atoms with Gasteiger partial charge >= 0.3 is 0 Å². The molecule has 2 nitrogen and oxygen atoms in total. The van der Waals surface area contributed by atoms with Gasteiger partial charge in [0.1, 0.15) is 6.10 Å². The summed E-state index contributed by atoms with van der Waals surface area (Å²) in [5, 5.41) is 12.7. The van der Waals surface area contributed by atoms with Gasteiger partial charge in [-0.05, 0) is 23.4 Å². The molecule has 0 fully saturated rings. The molecule has 94 valence electrons. The number of aliphatic hydroxyl groups is 1. The Morgan fingerprint density at radius 3 is 2.47 bits per heavy atom. The highest BCUT2D eigenvalue weighted by molar-refractivity contribution is 5.85. The minimum absolute atomic E-state index is 0.639. The first-order chi connectivity index (χ1) is 9.27. The normalized spacial score (nSPS) is 12.5. The second kappa shape index (κ2) is 4.82. The van der Waals surface area contributed by atoms with Crippen LogP contribution in [0.1, 0.15) is 22.8 Å². The van der Waals surface area contributed by atoms with E-state index in [0.717, 1.165) is 27.5 Å². The van der Waals surface area contributed by atoms with Crippen molar-refractivity contribution >= 4 is 10.8 Å². The molecule has 1 unspecified atom stereocenters. The Bertz CT molecular complexity index is 716. The number of nitrogens with zero attached hydrogens (tertiary/aromatic N) is 1. The van der Waals surface area contributed by atoms with Crippen molar-refractivity contribution in [2.75, 3.05) is 0 Å². The minimum Gasteiger partial charge on any atom is -0.384 e. The van der Waals surface area contributed by atoms with E-state index in [1.54, 1.807) is 6.20 Å². The van der Waals surface area contributed by atoms with Crippen LogP contribution in [0.2, 0.25) is 0 Å². The number of fused-ring (bicyclic) bond motifs is 1. The van der Waals surface area contributed by atoms with Crippen LogP contribution in [0.25, 0.3) is 10.8 Å². The van der Waals surface area contributed by atoms with Crippen LogP contribution >= 0.6 is 0 Å². The second-order valence-electron chi connectivity index (χ2n) is 4.71. The van der Waals surface area contributed by atoms with Crippen LogP contribution in [0.3, 0.4) is 0 Å². The van der Waals surface area contributed by atoms with E-state index in [2.05, 4.69) is 4.98 Å². The van der Waals surface area contributed by atoms with Crippen LogP contribution in [-0.4, -0.2) is 10.1 Å². The summed E-state index contributed by atoms with van der Waals surface area (Å²) in [5.41, 5.74) is 2.87. The van der Waals surface area contributed by atoms with Gasteiger partial charge in [-0.25, -0.2) is 0 Å². The molecule has 2 aromatic carbocycles. The lowest BCUT2D eigenvalue weighted by Gasteiger charge is -2.15. The molecule has 2 heteroatoms. The lowest BCUT2D eigenvalue weighted by Crippen LogP contribution is -2.03. The molecule has 1 heterocycles. The molecule has 1 aromatic heterocycles. The summed E-state index contributed by atoms with van der Waals surface area (Å²) in [5.74, 6) is 0. The molecule has 0 aliphatic heterocycles. The van der Waals surface area contributed by atoms with Crippen LogP contribution in [0.15, 0.2) is 60.9 Å². The maximum Gasteiger partial charge on any atom is 0.106 e. The highest BCUT2D eigenvalue weighted by atomic mass is 16.3. The fourth-order valence-corrected chi connectivity index (χ4v) is 2.42. The second-order valence-corrected chi connectivity index (χ2v) is 4.71. The molecule has 0 amide bonds. The lowest BCUT2D eigenvalue weighted by molar-refractivity contribution is 0.220. The van der Waals surface area contributed by atoms with Gasteiger partial charge in [0.25, 0.3) is 0 Å². The Kier molecular flexibility index (Phi) is 3.02. The van der Waals surface area contributed by atoms with E-state index in [9.17, 15) is 5.11 Å². The molecule has 1 atom stereocenters. The maximum atomic E-state index is 10.6. The Labute approximate surface area is 112 Å². The van der Waals surface area contributed by atoms with Crippen molar-refractivity contribution in [1.82, 2.24) is 4.98 Å². The van der Waals surface area contributed by atoms with Gasteiger partial charge in [0, 0.05) is 23.3 Å². The highest BCUT2D eigenvalue weighted by Gasteiger charge is 2.15. The predicted molar refractivity (Wildman–Crippen MR) is 77.0 cm³/mol. The van der Waals surface area contributed by atoms with Gasteiger partial charge in [-0.3, -0.25) is 4.98 Å². The summed E-state index contributed by atoms with van der Waals surface area (Å²) in [6.45, 7) is 2.01. The molecule has 0 spiro atoms. The Balaban J connectivity index is 2.17. The molecule has 0 bridgehead atoms. The molecule has 0 saturated carbocycles. The van der Waals surface area contributed by atoms with Crippen molar-refractivity contribution in [3.05, 3.63) is 77.6 Å². The van der Waals surface area contributed by atoms with Gasteiger partial charge < -0.3 is 5.11 Å². The predicted octanol–water partition coefficient (Wildman–Crippen LogP) is 3.62. The summed E-state index contributed by atoms with van der Waals surface area (Å²) in [4.78, 5) is 4.23. The zero-order valence-electron chi connectivity index (χ0n) is 10.7. The van der Waals surface area contributed by atoms with Crippen molar-refractivity contribution in [1.29, 1.82) is 0 Å². The van der Waals surface area contributed by atoms with Gasteiger partial charge in [0.2, 0.25) is 0 Å². The summed E-state index contributed by atoms with van der Waals surface area (Å²) in [6, 6.07) is 15.9. The van der Waals surface area contributed by atoms with E-state index >= 15 is 0 Å². The number of benzene rings is 2. The average Bonchev–Trinajstić information content (AvgIpc) is 2.46. The first-order valence-electron chi connectivity index (χ1n) is 6.33. The standard InChI is InChI=1S/C17H15NO/c1-12-6-2-4-8-14(12)17(19)16-11-18-10-13-7-3-5-9-15(13)16/h2-11,17,19H,1H3. The molecule has 0 radical (unpaired) electrons. The van der Waals surface area contributed by atoms with Crippen LogP contribution in [-0.2, 0) is 0 Å². The topological polar surface area (TPSA) is 33.1 Å². The highest BCUT2D eigenvalue weighted by Crippen LogP contribution is 2.29. The van der Waals surface area contributed by atoms with E-state index in [0.29, 0.717) is 0 Å². The third-order valence-electron chi connectivity index (χ3n) is 3.48. The van der Waals surface area contributed by atoms with E-state index < -0.39 is 6.10 Å². The Morgan fingerprint density at radius 1 is 0.895 bits per heavy atom. The molecule has 19 heavy (non-hydrogen) atoms. The van der Waals surface area contributed by atoms with Crippen LogP contribution < -0.4 is 0 Å². The zero-order chi connectivity index (χ0) is 13.2. The monoisotopic (exact) mass is 249 g/mol. The van der Waals surface area contributed by atoms with E-state index in [-0.39, 0.29) is 0 Å². The van der Waals surface area contributed by atoms with Gasteiger partial charge in [-0.1, -0.05) is 48.5 Å². The van der Waals surface area contributed by atoms with Crippen LogP contribution in [0.5, 0.6) is 0 Å². The SMILES string of the molecule is Cc1ccccc1C(O)c1cncc2ccccc12. The molecule has 0 saturated heterocycles. The minimum atomic E-state index is -0.639. The number of hydrogen-bond donors (Lipinski definition) is 1. The first-order valence-corrected chi connectivity index (χ1v) is 6.33. The van der Waals surface area contributed by atoms with Crippen molar-refractivity contribution in [3.8, 4) is 0 Å². The molecule has 0 aliphatic carbocycles. The molecule has 3 aromatic rings. The number of rotatable bonds is 2. The van der Waals surface area contributed by atoms with Gasteiger partial charge in [0.05, 0.1) is 0 Å². The van der Waals surface area contributed by atoms with Crippen LogP contribution in [0, 0.1) is 6.92 Å². The number of aromatic nitrogens is 1. The molecule has 3 rings (SSSR count). The van der Waals surface area contributed by atoms with E-state index in [1.165, 1.54) is 0 Å². The van der Waals surface area contributed by atoms with Gasteiger partial charge in [-0.15, -0.1) is 0 Å². The molecule has 0 aliphatic rings. The maximum absolute atomic E-state index is 10.6. The molecular weight excluding hydrogens is 234 g/mol. The van der Waals surface area contributed by atoms with Gasteiger partial charge in [-0.2, -0.15) is 0 Å². The van der Waals surface area contributed by atoms with E-state index in [1.807, 2.05) is 61.7 Å². The Hall–Kier alpha value is -2.19.